The zero-order valence-corrected chi connectivity index (χ0v) is 11.4. The van der Waals surface area contributed by atoms with Crippen LogP contribution in [0.1, 0.15) is 5.56 Å². The summed E-state index contributed by atoms with van der Waals surface area (Å²) in [5.74, 6) is 0.180. The van der Waals surface area contributed by atoms with Crippen molar-refractivity contribution in [3.8, 4) is 5.75 Å². The maximum absolute atomic E-state index is 13.0. The largest absolute Gasteiger partial charge is 0.497 e. The Kier molecular flexibility index (Phi) is 4.13. The van der Waals surface area contributed by atoms with Gasteiger partial charge in [0.15, 0.2) is 0 Å². The smallest absolute Gasteiger partial charge is 0.417 e. The molecule has 20 heavy (non-hydrogen) atoms. The van der Waals surface area contributed by atoms with Crippen LogP contribution < -0.4 is 10.5 Å². The first kappa shape index (κ1) is 14.6. The fourth-order valence-corrected chi connectivity index (χ4v) is 2.56. The monoisotopic (exact) mass is 299 g/mol. The van der Waals surface area contributed by atoms with Crippen molar-refractivity contribution in [3.05, 3.63) is 48.0 Å². The van der Waals surface area contributed by atoms with Gasteiger partial charge in [-0.05, 0) is 42.5 Å². The Labute approximate surface area is 118 Å². The van der Waals surface area contributed by atoms with Gasteiger partial charge in [-0.25, -0.2) is 0 Å². The van der Waals surface area contributed by atoms with E-state index in [0.29, 0.717) is 10.6 Å². The summed E-state index contributed by atoms with van der Waals surface area (Å²) in [6.07, 6.45) is -4.43. The molecule has 0 aliphatic heterocycles. The predicted molar refractivity (Wildman–Crippen MR) is 73.0 cm³/mol. The average molecular weight is 299 g/mol. The molecule has 2 rings (SSSR count). The van der Waals surface area contributed by atoms with Crippen LogP contribution in [0.25, 0.3) is 0 Å². The number of anilines is 1. The molecular formula is C14H12F3NOS. The lowest BCUT2D eigenvalue weighted by molar-refractivity contribution is -0.139. The highest BCUT2D eigenvalue weighted by Crippen LogP contribution is 2.41. The first-order chi connectivity index (χ1) is 9.40. The molecule has 0 amide bonds. The molecule has 2 aromatic carbocycles. The Balaban J connectivity index is 2.38. The van der Waals surface area contributed by atoms with Crippen molar-refractivity contribution in [2.24, 2.45) is 0 Å². The van der Waals surface area contributed by atoms with Gasteiger partial charge >= 0.3 is 6.18 Å². The van der Waals surface area contributed by atoms with E-state index < -0.39 is 11.7 Å². The predicted octanol–water partition coefficient (Wildman–Crippen LogP) is 4.45. The summed E-state index contributed by atoms with van der Waals surface area (Å²) in [5, 5.41) is 0. The van der Waals surface area contributed by atoms with Crippen molar-refractivity contribution in [2.45, 2.75) is 16.0 Å². The van der Waals surface area contributed by atoms with E-state index in [1.807, 2.05) is 0 Å². The van der Waals surface area contributed by atoms with Gasteiger partial charge in [-0.2, -0.15) is 13.2 Å². The standard InChI is InChI=1S/C14H12F3NOS/c1-19-10-4-7-13(12(8-10)14(15,16)17)20-11-5-2-9(18)3-6-11/h2-8H,18H2,1H3. The average Bonchev–Trinajstić information content (AvgIpc) is 2.40. The third-order valence-corrected chi connectivity index (χ3v) is 3.68. The second-order valence-electron chi connectivity index (χ2n) is 4.03. The molecule has 2 nitrogen and oxygen atoms in total. The lowest BCUT2D eigenvalue weighted by Crippen LogP contribution is -2.07. The molecule has 106 valence electrons. The molecule has 0 saturated heterocycles. The van der Waals surface area contributed by atoms with Crippen LogP contribution in [0.15, 0.2) is 52.3 Å². The molecule has 0 atom stereocenters. The molecule has 0 aliphatic carbocycles. The van der Waals surface area contributed by atoms with Crippen LogP contribution >= 0.6 is 11.8 Å². The molecule has 2 aromatic rings. The summed E-state index contributed by atoms with van der Waals surface area (Å²) in [7, 11) is 1.34. The van der Waals surface area contributed by atoms with E-state index >= 15 is 0 Å². The molecule has 0 heterocycles. The SMILES string of the molecule is COc1ccc(Sc2ccc(N)cc2)c(C(F)(F)F)c1. The zero-order chi connectivity index (χ0) is 14.8. The summed E-state index contributed by atoms with van der Waals surface area (Å²) < 4.78 is 44.0. The van der Waals surface area contributed by atoms with Crippen LogP contribution in [0.5, 0.6) is 5.75 Å². The van der Waals surface area contributed by atoms with Gasteiger partial charge in [-0.15, -0.1) is 0 Å². The number of nitrogens with two attached hydrogens (primary N) is 1. The topological polar surface area (TPSA) is 35.2 Å². The number of benzene rings is 2. The van der Waals surface area contributed by atoms with E-state index in [2.05, 4.69) is 0 Å². The van der Waals surface area contributed by atoms with Crippen molar-refractivity contribution in [1.29, 1.82) is 0 Å². The van der Waals surface area contributed by atoms with Gasteiger partial charge < -0.3 is 10.5 Å². The Morgan fingerprint density at radius 2 is 1.70 bits per heavy atom. The maximum atomic E-state index is 13.0. The second kappa shape index (κ2) is 5.66. The highest BCUT2D eigenvalue weighted by Gasteiger charge is 2.34. The third-order valence-electron chi connectivity index (χ3n) is 2.60. The van der Waals surface area contributed by atoms with Gasteiger partial charge in [0.25, 0.3) is 0 Å². The summed E-state index contributed by atoms with van der Waals surface area (Å²) >= 11 is 1.04. The number of alkyl halides is 3. The zero-order valence-electron chi connectivity index (χ0n) is 10.6. The number of nitrogen functional groups attached to an aromatic ring is 1. The van der Waals surface area contributed by atoms with Crippen molar-refractivity contribution in [3.63, 3.8) is 0 Å². The van der Waals surface area contributed by atoms with Gasteiger partial charge in [0.2, 0.25) is 0 Å². The highest BCUT2D eigenvalue weighted by molar-refractivity contribution is 7.99. The lowest BCUT2D eigenvalue weighted by atomic mass is 10.2. The maximum Gasteiger partial charge on any atom is 0.417 e. The van der Waals surface area contributed by atoms with E-state index in [1.165, 1.54) is 19.2 Å². The lowest BCUT2D eigenvalue weighted by Gasteiger charge is -2.14. The van der Waals surface area contributed by atoms with Crippen LogP contribution in [0.3, 0.4) is 0 Å². The number of ether oxygens (including phenoxy) is 1. The van der Waals surface area contributed by atoms with E-state index in [-0.39, 0.29) is 10.6 Å². The molecule has 0 spiro atoms. The van der Waals surface area contributed by atoms with Gasteiger partial charge in [0, 0.05) is 15.5 Å². The van der Waals surface area contributed by atoms with Crippen molar-refractivity contribution >= 4 is 17.4 Å². The van der Waals surface area contributed by atoms with E-state index in [4.69, 9.17) is 10.5 Å². The van der Waals surface area contributed by atoms with Crippen molar-refractivity contribution in [2.75, 3.05) is 12.8 Å². The second-order valence-corrected chi connectivity index (χ2v) is 5.15. The number of methoxy groups -OCH3 is 1. The van der Waals surface area contributed by atoms with Crippen LogP contribution in [0.2, 0.25) is 0 Å². The van der Waals surface area contributed by atoms with E-state index in [9.17, 15) is 13.2 Å². The van der Waals surface area contributed by atoms with Crippen molar-refractivity contribution in [1.82, 2.24) is 0 Å². The number of hydrogen-bond acceptors (Lipinski definition) is 3. The minimum atomic E-state index is -4.43. The molecule has 0 saturated carbocycles. The number of hydrogen-bond donors (Lipinski definition) is 1. The molecule has 0 unspecified atom stereocenters. The normalized spacial score (nSPS) is 11.4. The molecule has 0 radical (unpaired) electrons. The summed E-state index contributed by atoms with van der Waals surface area (Å²) in [5.41, 5.74) is 5.41. The third kappa shape index (κ3) is 3.39. The number of halogens is 3. The molecular weight excluding hydrogens is 287 g/mol. The van der Waals surface area contributed by atoms with Crippen LogP contribution in [-0.2, 0) is 6.18 Å². The highest BCUT2D eigenvalue weighted by atomic mass is 32.2. The van der Waals surface area contributed by atoms with Gasteiger partial charge in [-0.3, -0.25) is 0 Å². The van der Waals surface area contributed by atoms with Crippen molar-refractivity contribution < 1.29 is 17.9 Å². The Bertz CT molecular complexity index is 596. The van der Waals surface area contributed by atoms with Crippen LogP contribution in [0, 0.1) is 0 Å². The van der Waals surface area contributed by atoms with E-state index in [1.54, 1.807) is 24.3 Å². The Hall–Kier alpha value is -1.82. The fourth-order valence-electron chi connectivity index (χ4n) is 1.61. The Morgan fingerprint density at radius 3 is 2.25 bits per heavy atom. The molecule has 2 N–H and O–H groups in total. The molecule has 6 heteroatoms. The van der Waals surface area contributed by atoms with Gasteiger partial charge in [0.1, 0.15) is 5.75 Å². The first-order valence-corrected chi connectivity index (χ1v) is 6.50. The molecule has 0 aromatic heterocycles. The summed E-state index contributed by atoms with van der Waals surface area (Å²) in [6, 6.07) is 10.6. The first-order valence-electron chi connectivity index (χ1n) is 5.69. The fraction of sp³-hybridized carbons (Fsp3) is 0.143. The molecule has 0 bridgehead atoms. The number of rotatable bonds is 3. The Morgan fingerprint density at radius 1 is 1.05 bits per heavy atom. The quantitative estimate of drug-likeness (QED) is 0.851. The minimum Gasteiger partial charge on any atom is -0.497 e. The van der Waals surface area contributed by atoms with Gasteiger partial charge in [0.05, 0.1) is 12.7 Å². The molecule has 0 aliphatic rings. The molecule has 0 fully saturated rings. The van der Waals surface area contributed by atoms with Gasteiger partial charge in [-0.1, -0.05) is 11.8 Å². The van der Waals surface area contributed by atoms with Crippen LogP contribution in [-0.4, -0.2) is 7.11 Å². The summed E-state index contributed by atoms with van der Waals surface area (Å²) in [4.78, 5) is 0.818. The minimum absolute atomic E-state index is 0.128. The summed E-state index contributed by atoms with van der Waals surface area (Å²) in [6.45, 7) is 0. The van der Waals surface area contributed by atoms with Crippen LogP contribution in [0.4, 0.5) is 18.9 Å². The van der Waals surface area contributed by atoms with E-state index in [0.717, 1.165) is 17.8 Å².